The minimum absolute atomic E-state index is 1.00. The van der Waals surface area contributed by atoms with Crippen molar-refractivity contribution in [1.29, 1.82) is 0 Å². The van der Waals surface area contributed by atoms with Gasteiger partial charge in [-0.25, -0.2) is 0 Å². The average molecular weight is 101 g/mol. The molecule has 0 heterocycles. The van der Waals surface area contributed by atoms with E-state index in [9.17, 15) is 0 Å². The van der Waals surface area contributed by atoms with Gasteiger partial charge in [-0.2, -0.15) is 0 Å². The first-order chi connectivity index (χ1) is 3.41. The van der Waals surface area contributed by atoms with Gasteiger partial charge in [0.25, 0.3) is 0 Å². The van der Waals surface area contributed by atoms with Gasteiger partial charge in [0.2, 0.25) is 0 Å². The molecule has 0 aromatic rings. The van der Waals surface area contributed by atoms with E-state index in [1.54, 1.807) is 0 Å². The van der Waals surface area contributed by atoms with Crippen LogP contribution in [-0.2, 0) is 0 Å². The van der Waals surface area contributed by atoms with E-state index in [1.165, 1.54) is 12.6 Å². The fourth-order valence-electron chi connectivity index (χ4n) is 0.289. The maximum atomic E-state index is 7.00. The van der Waals surface area contributed by atoms with E-state index in [0.29, 0.717) is 0 Å². The number of aliphatic hydroxyl groups excluding tert-OH is 1. The monoisotopic (exact) mass is 101 g/mol. The molecule has 7 heavy (non-hydrogen) atoms. The van der Waals surface area contributed by atoms with Crippen LogP contribution >= 0.6 is 0 Å². The molecule has 1 radical (unpaired) electrons. The number of rotatable bonds is 2. The van der Waals surface area contributed by atoms with Crippen LogP contribution in [0.1, 0.15) is 13.8 Å². The van der Waals surface area contributed by atoms with Crippen LogP contribution in [0.3, 0.4) is 0 Å². The van der Waals surface area contributed by atoms with Crippen LogP contribution in [0.5, 0.6) is 0 Å². The zero-order valence-corrected chi connectivity index (χ0v) is 5.44. The molecule has 0 aliphatic carbocycles. The van der Waals surface area contributed by atoms with Gasteiger partial charge in [0, 0.05) is 7.11 Å². The quantitative estimate of drug-likeness (QED) is 0.517. The van der Waals surface area contributed by atoms with Gasteiger partial charge in [0.15, 0.2) is 0 Å². The van der Waals surface area contributed by atoms with Gasteiger partial charge in [-0.15, -0.1) is 0 Å². The van der Waals surface area contributed by atoms with Crippen LogP contribution in [0.4, 0.5) is 0 Å². The molecule has 0 unspecified atom stereocenters. The lowest BCUT2D eigenvalue weighted by Gasteiger charge is -1.75. The summed E-state index contributed by atoms with van der Waals surface area (Å²) in [6.45, 7) is 4.31. The third-order valence-corrected chi connectivity index (χ3v) is 0.577. The summed E-state index contributed by atoms with van der Waals surface area (Å²) in [6.07, 6.45) is 2.44. The Kier molecular flexibility index (Phi) is 24.0. The van der Waals surface area contributed by atoms with E-state index in [-0.39, 0.29) is 0 Å². The van der Waals surface area contributed by atoms with Gasteiger partial charge in [0.1, 0.15) is 7.28 Å². The largest absolute Gasteiger partial charge is 0.400 e. The predicted octanol–water partition coefficient (Wildman–Crippen LogP) is 1.18. The summed E-state index contributed by atoms with van der Waals surface area (Å²) >= 11 is 0. The molecule has 1 nitrogen and oxygen atoms in total. The van der Waals surface area contributed by atoms with Gasteiger partial charge < -0.3 is 5.11 Å². The highest BCUT2D eigenvalue weighted by Crippen LogP contribution is 1.77. The van der Waals surface area contributed by atoms with Gasteiger partial charge in [-0.3, -0.25) is 0 Å². The van der Waals surface area contributed by atoms with Crippen molar-refractivity contribution in [2.75, 3.05) is 7.11 Å². The molecule has 0 amide bonds. The summed E-state index contributed by atoms with van der Waals surface area (Å²) < 4.78 is 0. The molecule has 0 bridgehead atoms. The summed E-state index contributed by atoms with van der Waals surface area (Å²) in [4.78, 5) is 0. The Balaban J connectivity index is 0. The Morgan fingerprint density at radius 1 is 1.14 bits per heavy atom. The summed E-state index contributed by atoms with van der Waals surface area (Å²) in [5.41, 5.74) is 0. The van der Waals surface area contributed by atoms with E-state index in [4.69, 9.17) is 5.11 Å². The molecule has 43 valence electrons. The molecular weight excluding hydrogens is 86.9 g/mol. The van der Waals surface area contributed by atoms with Crippen molar-refractivity contribution >= 4 is 7.28 Å². The maximum Gasteiger partial charge on any atom is 0.108 e. The molecule has 0 saturated carbocycles. The van der Waals surface area contributed by atoms with E-state index < -0.39 is 0 Å². The second-order valence-corrected chi connectivity index (χ2v) is 1.11. The lowest BCUT2D eigenvalue weighted by atomic mass is 9.73. The third-order valence-electron chi connectivity index (χ3n) is 0.577. The molecule has 0 spiro atoms. The van der Waals surface area contributed by atoms with Crippen molar-refractivity contribution in [1.82, 2.24) is 0 Å². The van der Waals surface area contributed by atoms with Crippen LogP contribution in [0.2, 0.25) is 12.6 Å². The van der Waals surface area contributed by atoms with E-state index in [1.807, 2.05) is 0 Å². The van der Waals surface area contributed by atoms with Gasteiger partial charge in [-0.05, 0) is 0 Å². The standard InChI is InChI=1S/C4H10B.CH4O/c1-3-5-4-2;1-2/h3-4H2,1-2H3;2H,1H3. The number of hydrogen-bond donors (Lipinski definition) is 1. The van der Waals surface area contributed by atoms with Crippen molar-refractivity contribution in [3.8, 4) is 0 Å². The summed E-state index contributed by atoms with van der Waals surface area (Å²) in [5, 5.41) is 7.00. The first-order valence-electron chi connectivity index (χ1n) is 2.68. The van der Waals surface area contributed by atoms with E-state index >= 15 is 0 Å². The Morgan fingerprint density at radius 2 is 1.43 bits per heavy atom. The van der Waals surface area contributed by atoms with Crippen molar-refractivity contribution in [3.05, 3.63) is 0 Å². The molecule has 2 heteroatoms. The first kappa shape index (κ1) is 10.1. The Hall–Kier alpha value is 0.0249. The zero-order chi connectivity index (χ0) is 6.12. The van der Waals surface area contributed by atoms with Crippen molar-refractivity contribution < 1.29 is 5.11 Å². The van der Waals surface area contributed by atoms with Crippen LogP contribution < -0.4 is 0 Å². The summed E-state index contributed by atoms with van der Waals surface area (Å²) in [7, 11) is 3.25. The molecule has 1 N–H and O–H groups in total. The fourth-order valence-corrected chi connectivity index (χ4v) is 0.289. The maximum absolute atomic E-state index is 7.00. The SMILES string of the molecule is CC[B]CC.CO. The Labute approximate surface area is 47.0 Å². The zero-order valence-electron chi connectivity index (χ0n) is 5.44. The van der Waals surface area contributed by atoms with E-state index in [2.05, 4.69) is 21.1 Å². The van der Waals surface area contributed by atoms with Crippen molar-refractivity contribution in [2.45, 2.75) is 26.5 Å². The number of hydrogen-bond acceptors (Lipinski definition) is 1. The van der Waals surface area contributed by atoms with Gasteiger partial charge >= 0.3 is 0 Å². The highest BCUT2D eigenvalue weighted by molar-refractivity contribution is 6.34. The third kappa shape index (κ3) is 23.8. The minimum Gasteiger partial charge on any atom is -0.400 e. The van der Waals surface area contributed by atoms with Crippen molar-refractivity contribution in [2.24, 2.45) is 0 Å². The topological polar surface area (TPSA) is 20.2 Å². The molecule has 0 aromatic carbocycles. The van der Waals surface area contributed by atoms with Gasteiger partial charge in [0.05, 0.1) is 0 Å². The average Bonchev–Trinajstić information content (AvgIpc) is 1.75. The Morgan fingerprint density at radius 3 is 1.43 bits per heavy atom. The van der Waals surface area contributed by atoms with E-state index in [0.717, 1.165) is 7.11 Å². The molecule has 0 aliphatic rings. The summed E-state index contributed by atoms with van der Waals surface area (Å²) in [6, 6.07) is 0. The second-order valence-electron chi connectivity index (χ2n) is 1.11. The normalized spacial score (nSPS) is 6.29. The van der Waals surface area contributed by atoms with Crippen molar-refractivity contribution in [3.63, 3.8) is 0 Å². The predicted molar refractivity (Wildman–Crippen MR) is 34.9 cm³/mol. The second kappa shape index (κ2) is 16.6. The van der Waals surface area contributed by atoms with Crippen LogP contribution in [0.25, 0.3) is 0 Å². The molecule has 0 atom stereocenters. The Bertz CT molecular complexity index is 15.6. The lowest BCUT2D eigenvalue weighted by molar-refractivity contribution is 0.399. The highest BCUT2D eigenvalue weighted by atomic mass is 16.2. The van der Waals surface area contributed by atoms with Crippen LogP contribution in [-0.4, -0.2) is 19.5 Å². The van der Waals surface area contributed by atoms with Crippen LogP contribution in [0, 0.1) is 0 Å². The molecule has 0 saturated heterocycles. The minimum atomic E-state index is 1.00. The van der Waals surface area contributed by atoms with Crippen LogP contribution in [0.15, 0.2) is 0 Å². The molecule has 0 fully saturated rings. The highest BCUT2D eigenvalue weighted by Gasteiger charge is 1.72. The first-order valence-corrected chi connectivity index (χ1v) is 2.68. The molecular formula is C5H14BO. The molecule has 0 rings (SSSR count). The molecule has 0 aromatic heterocycles. The van der Waals surface area contributed by atoms with Gasteiger partial charge in [-0.1, -0.05) is 26.5 Å². The molecule has 0 aliphatic heterocycles. The lowest BCUT2D eigenvalue weighted by Crippen LogP contribution is -1.76. The smallest absolute Gasteiger partial charge is 0.108 e. The fraction of sp³-hybridized carbons (Fsp3) is 1.00. The summed E-state index contributed by atoms with van der Waals surface area (Å²) in [5.74, 6) is 0. The number of aliphatic hydroxyl groups is 1.